The Morgan fingerprint density at radius 2 is 1.94 bits per heavy atom. The molecule has 3 heteroatoms. The van der Waals surface area contributed by atoms with Crippen molar-refractivity contribution in [2.45, 2.75) is 6.54 Å². The van der Waals surface area contributed by atoms with Gasteiger partial charge in [-0.15, -0.1) is 0 Å². The maximum absolute atomic E-state index is 9.36. The molecule has 0 saturated carbocycles. The van der Waals surface area contributed by atoms with Gasteiger partial charge in [-0.1, -0.05) is 30.3 Å². The Hall–Kier alpha value is -0.900. The van der Waals surface area contributed by atoms with Crippen LogP contribution in [-0.4, -0.2) is 43.4 Å². The Balaban J connectivity index is 1.91. The molecule has 1 aromatic carbocycles. The van der Waals surface area contributed by atoms with Gasteiger partial charge in [-0.3, -0.25) is 4.90 Å². The maximum Gasteiger partial charge on any atom is 0.0506 e. The summed E-state index contributed by atoms with van der Waals surface area (Å²) in [6, 6.07) is 10.5. The second kappa shape index (κ2) is 6.15. The molecule has 1 heterocycles. The number of aliphatic hydroxyl groups excluding tert-OH is 1. The molecule has 1 aliphatic heterocycles. The molecule has 0 spiro atoms. The summed E-state index contributed by atoms with van der Waals surface area (Å²) in [5.41, 5.74) is 1.34. The number of benzene rings is 1. The van der Waals surface area contributed by atoms with E-state index in [0.29, 0.717) is 11.8 Å². The van der Waals surface area contributed by atoms with E-state index >= 15 is 0 Å². The van der Waals surface area contributed by atoms with E-state index in [2.05, 4.69) is 29.2 Å². The molecule has 1 N–H and O–H groups in total. The summed E-state index contributed by atoms with van der Waals surface area (Å²) >= 11 is 0. The first kappa shape index (κ1) is 12.6. The fraction of sp³-hybridized carbons (Fsp3) is 0.571. The van der Waals surface area contributed by atoms with Crippen molar-refractivity contribution in [3.8, 4) is 0 Å². The molecule has 2 atom stereocenters. The summed E-state index contributed by atoms with van der Waals surface area (Å²) in [4.78, 5) is 2.40. The van der Waals surface area contributed by atoms with Gasteiger partial charge < -0.3 is 9.84 Å². The highest BCUT2D eigenvalue weighted by molar-refractivity contribution is 5.14. The fourth-order valence-corrected chi connectivity index (χ4v) is 2.62. The lowest BCUT2D eigenvalue weighted by atomic mass is 9.98. The van der Waals surface area contributed by atoms with Crippen LogP contribution in [0.3, 0.4) is 0 Å². The first-order chi connectivity index (χ1) is 8.33. The molecular formula is C14H21NO2. The number of hydrogen-bond acceptors (Lipinski definition) is 3. The highest BCUT2D eigenvalue weighted by Crippen LogP contribution is 2.24. The third-order valence-corrected chi connectivity index (χ3v) is 3.52. The van der Waals surface area contributed by atoms with Crippen LogP contribution >= 0.6 is 0 Å². The van der Waals surface area contributed by atoms with Crippen molar-refractivity contribution in [1.82, 2.24) is 4.90 Å². The van der Waals surface area contributed by atoms with E-state index in [1.165, 1.54) is 5.56 Å². The summed E-state index contributed by atoms with van der Waals surface area (Å²) in [6.07, 6.45) is 0. The Kier molecular flexibility index (Phi) is 4.54. The number of aliphatic hydroxyl groups is 1. The Morgan fingerprint density at radius 1 is 1.24 bits per heavy atom. The Morgan fingerprint density at radius 3 is 2.59 bits per heavy atom. The number of nitrogens with zero attached hydrogens (tertiary/aromatic N) is 1. The van der Waals surface area contributed by atoms with Crippen LogP contribution in [0.5, 0.6) is 0 Å². The van der Waals surface area contributed by atoms with Gasteiger partial charge in [-0.05, 0) is 5.56 Å². The summed E-state index contributed by atoms with van der Waals surface area (Å²) < 4.78 is 5.22. The first-order valence-corrected chi connectivity index (χ1v) is 6.19. The average molecular weight is 235 g/mol. The summed E-state index contributed by atoms with van der Waals surface area (Å²) in [5, 5.41) is 9.36. The molecule has 3 nitrogen and oxygen atoms in total. The van der Waals surface area contributed by atoms with Crippen LogP contribution in [0.4, 0.5) is 0 Å². The van der Waals surface area contributed by atoms with Crippen molar-refractivity contribution in [1.29, 1.82) is 0 Å². The van der Waals surface area contributed by atoms with Crippen molar-refractivity contribution in [3.63, 3.8) is 0 Å². The topological polar surface area (TPSA) is 32.7 Å². The van der Waals surface area contributed by atoms with E-state index in [4.69, 9.17) is 4.74 Å². The van der Waals surface area contributed by atoms with Gasteiger partial charge in [-0.2, -0.15) is 0 Å². The van der Waals surface area contributed by atoms with Crippen molar-refractivity contribution in [2.75, 3.05) is 33.4 Å². The van der Waals surface area contributed by atoms with E-state index in [1.807, 2.05) is 6.07 Å². The fourth-order valence-electron chi connectivity index (χ4n) is 2.62. The van der Waals surface area contributed by atoms with Gasteiger partial charge in [-0.25, -0.2) is 0 Å². The lowest BCUT2D eigenvalue weighted by molar-refractivity contribution is 0.114. The summed E-state index contributed by atoms with van der Waals surface area (Å²) in [6.45, 7) is 3.97. The third kappa shape index (κ3) is 3.28. The molecule has 1 saturated heterocycles. The summed E-state index contributed by atoms with van der Waals surface area (Å²) in [5.74, 6) is 0.826. The molecule has 1 aliphatic rings. The molecule has 0 aliphatic carbocycles. The van der Waals surface area contributed by atoms with Crippen LogP contribution in [0, 0.1) is 11.8 Å². The largest absolute Gasteiger partial charge is 0.396 e. The molecule has 0 aromatic heterocycles. The molecule has 0 radical (unpaired) electrons. The molecule has 1 aromatic rings. The average Bonchev–Trinajstić information content (AvgIpc) is 2.73. The maximum atomic E-state index is 9.36. The third-order valence-electron chi connectivity index (χ3n) is 3.52. The van der Waals surface area contributed by atoms with Gasteiger partial charge in [0.15, 0.2) is 0 Å². The van der Waals surface area contributed by atoms with Crippen molar-refractivity contribution < 1.29 is 9.84 Å². The second-order valence-electron chi connectivity index (χ2n) is 4.84. The Labute approximate surface area is 103 Å². The first-order valence-electron chi connectivity index (χ1n) is 6.19. The number of methoxy groups -OCH3 is 1. The van der Waals surface area contributed by atoms with Crippen LogP contribution in [0.15, 0.2) is 30.3 Å². The lowest BCUT2D eigenvalue weighted by Gasteiger charge is -2.15. The number of ether oxygens (including phenoxy) is 1. The zero-order chi connectivity index (χ0) is 12.1. The number of likely N-dealkylation sites (tertiary alicyclic amines) is 1. The number of hydrogen-bond donors (Lipinski definition) is 1. The van der Waals surface area contributed by atoms with Crippen LogP contribution in [0.25, 0.3) is 0 Å². The van der Waals surface area contributed by atoms with Gasteiger partial charge in [0.2, 0.25) is 0 Å². The Bertz CT molecular complexity index is 328. The standard InChI is InChI=1S/C14H21NO2/c1-17-11-14-9-15(8-13(14)10-16)7-12-5-3-2-4-6-12/h2-6,13-14,16H,7-11H2,1H3. The molecule has 0 bridgehead atoms. The minimum atomic E-state index is 0.263. The minimum absolute atomic E-state index is 0.263. The summed E-state index contributed by atoms with van der Waals surface area (Å²) in [7, 11) is 1.73. The predicted octanol–water partition coefficient (Wildman–Crippen LogP) is 1.37. The molecule has 17 heavy (non-hydrogen) atoms. The van der Waals surface area contributed by atoms with E-state index < -0.39 is 0 Å². The van der Waals surface area contributed by atoms with Gasteiger partial charge >= 0.3 is 0 Å². The van der Waals surface area contributed by atoms with Crippen LogP contribution in [-0.2, 0) is 11.3 Å². The molecule has 2 unspecified atom stereocenters. The van der Waals surface area contributed by atoms with Crippen molar-refractivity contribution in [2.24, 2.45) is 11.8 Å². The van der Waals surface area contributed by atoms with Crippen molar-refractivity contribution >= 4 is 0 Å². The zero-order valence-corrected chi connectivity index (χ0v) is 10.4. The zero-order valence-electron chi connectivity index (χ0n) is 10.4. The van der Waals surface area contributed by atoms with Crippen molar-refractivity contribution in [3.05, 3.63) is 35.9 Å². The van der Waals surface area contributed by atoms with E-state index in [1.54, 1.807) is 7.11 Å². The molecule has 2 rings (SSSR count). The van der Waals surface area contributed by atoms with Gasteiger partial charge in [0.1, 0.15) is 0 Å². The van der Waals surface area contributed by atoms with Crippen LogP contribution in [0.1, 0.15) is 5.56 Å². The van der Waals surface area contributed by atoms with Crippen LogP contribution in [0.2, 0.25) is 0 Å². The van der Waals surface area contributed by atoms with Crippen LogP contribution < -0.4 is 0 Å². The van der Waals surface area contributed by atoms with Gasteiger partial charge in [0.05, 0.1) is 6.61 Å². The highest BCUT2D eigenvalue weighted by atomic mass is 16.5. The SMILES string of the molecule is COCC1CN(Cc2ccccc2)CC1CO. The normalized spacial score (nSPS) is 25.3. The quantitative estimate of drug-likeness (QED) is 0.837. The van der Waals surface area contributed by atoms with Gasteiger partial charge in [0.25, 0.3) is 0 Å². The molecule has 94 valence electrons. The van der Waals surface area contributed by atoms with E-state index in [9.17, 15) is 5.11 Å². The smallest absolute Gasteiger partial charge is 0.0506 e. The number of rotatable bonds is 5. The lowest BCUT2D eigenvalue weighted by Crippen LogP contribution is -2.21. The van der Waals surface area contributed by atoms with E-state index in [-0.39, 0.29) is 6.61 Å². The highest BCUT2D eigenvalue weighted by Gasteiger charge is 2.31. The molecule has 1 fully saturated rings. The molecular weight excluding hydrogens is 214 g/mol. The van der Waals surface area contributed by atoms with Gasteiger partial charge in [0, 0.05) is 45.2 Å². The molecule has 0 amide bonds. The second-order valence-corrected chi connectivity index (χ2v) is 4.84. The monoisotopic (exact) mass is 235 g/mol. The predicted molar refractivity (Wildman–Crippen MR) is 67.7 cm³/mol. The van der Waals surface area contributed by atoms with E-state index in [0.717, 1.165) is 26.2 Å². The minimum Gasteiger partial charge on any atom is -0.396 e.